The van der Waals surface area contributed by atoms with Crippen molar-refractivity contribution in [3.05, 3.63) is 65.5 Å². The van der Waals surface area contributed by atoms with Crippen molar-refractivity contribution in [1.29, 1.82) is 0 Å². The molecule has 0 amide bonds. The minimum Gasteiger partial charge on any atom is -0.454 e. The molecule has 4 rings (SSSR count). The van der Waals surface area contributed by atoms with Gasteiger partial charge in [-0.25, -0.2) is 13.4 Å². The molecule has 0 atom stereocenters. The molecule has 41 heavy (non-hydrogen) atoms. The topological polar surface area (TPSA) is 137 Å². The normalized spacial score (nSPS) is 15.2. The zero-order valence-corrected chi connectivity index (χ0v) is 22.6. The summed E-state index contributed by atoms with van der Waals surface area (Å²) in [5.41, 5.74) is -0.563. The van der Waals surface area contributed by atoms with Gasteiger partial charge in [0.2, 0.25) is 10.0 Å². The lowest BCUT2D eigenvalue weighted by molar-refractivity contribution is -0.154. The van der Waals surface area contributed by atoms with Crippen LogP contribution in [0, 0.1) is 5.92 Å². The van der Waals surface area contributed by atoms with Crippen LogP contribution in [0.25, 0.3) is 11.4 Å². The summed E-state index contributed by atoms with van der Waals surface area (Å²) in [5.74, 6) is 8.07. The maximum Gasteiger partial charge on any atom is 0.422 e. The molecule has 0 radical (unpaired) electrons. The predicted molar refractivity (Wildman–Crippen MR) is 137 cm³/mol. The molecule has 16 heteroatoms. The first-order valence-electron chi connectivity index (χ1n) is 12.3. The van der Waals surface area contributed by atoms with Crippen molar-refractivity contribution in [3.63, 3.8) is 0 Å². The van der Waals surface area contributed by atoms with E-state index in [-0.39, 0.29) is 28.5 Å². The standard InChI is InChI=1S/C25H24F6N4O3S.H4N2/c1-16-9-11-35(12-10-16)39(36,37)20-7-5-17(6-8-20)13-21-32-22(34-23(33-21)38-15-24(26,27)28)18-3-2-4-19(14-18)25(29,30)31;1-2/h2-8,14,16H,9-13,15H2,1H3;1-2H2. The smallest absolute Gasteiger partial charge is 0.422 e. The van der Waals surface area contributed by atoms with Crippen molar-refractivity contribution >= 4 is 10.0 Å². The van der Waals surface area contributed by atoms with E-state index in [9.17, 15) is 34.8 Å². The fraction of sp³-hybridized carbons (Fsp3) is 0.400. The zero-order chi connectivity index (χ0) is 30.4. The molecule has 0 spiro atoms. The van der Waals surface area contributed by atoms with Gasteiger partial charge in [0.25, 0.3) is 0 Å². The maximum absolute atomic E-state index is 13.2. The maximum atomic E-state index is 13.2. The first kappa shape index (κ1) is 32.2. The van der Waals surface area contributed by atoms with Crippen molar-refractivity contribution in [2.75, 3.05) is 19.7 Å². The van der Waals surface area contributed by atoms with Crippen molar-refractivity contribution in [2.24, 2.45) is 17.6 Å². The molecule has 224 valence electrons. The Balaban J connectivity index is 0.00000226. The molecule has 1 aromatic heterocycles. The van der Waals surface area contributed by atoms with Crippen LogP contribution in [-0.4, -0.2) is 53.5 Å². The van der Waals surface area contributed by atoms with Crippen LogP contribution in [0.1, 0.15) is 36.7 Å². The number of hydrogen-bond acceptors (Lipinski definition) is 8. The molecule has 0 bridgehead atoms. The summed E-state index contributed by atoms with van der Waals surface area (Å²) < 4.78 is 110. The van der Waals surface area contributed by atoms with E-state index in [1.807, 2.05) is 0 Å². The number of alkyl halides is 6. The molecule has 1 fully saturated rings. The van der Waals surface area contributed by atoms with Crippen LogP contribution in [0.4, 0.5) is 26.3 Å². The van der Waals surface area contributed by atoms with Crippen LogP contribution in [0.15, 0.2) is 53.4 Å². The molecule has 2 heterocycles. The molecule has 0 unspecified atom stereocenters. The third-order valence-corrected chi connectivity index (χ3v) is 8.05. The second-order valence-electron chi connectivity index (χ2n) is 9.25. The predicted octanol–water partition coefficient (Wildman–Crippen LogP) is 4.33. The zero-order valence-electron chi connectivity index (χ0n) is 21.8. The molecular formula is C25H28F6N6O3S. The van der Waals surface area contributed by atoms with E-state index in [4.69, 9.17) is 0 Å². The van der Waals surface area contributed by atoms with Gasteiger partial charge in [-0.15, -0.1) is 0 Å². The highest BCUT2D eigenvalue weighted by Gasteiger charge is 2.32. The molecule has 9 nitrogen and oxygen atoms in total. The summed E-state index contributed by atoms with van der Waals surface area (Å²) in [4.78, 5) is 11.9. The van der Waals surface area contributed by atoms with Crippen molar-refractivity contribution in [3.8, 4) is 17.4 Å². The summed E-state index contributed by atoms with van der Waals surface area (Å²) >= 11 is 0. The van der Waals surface area contributed by atoms with Crippen molar-refractivity contribution < 1.29 is 39.5 Å². The van der Waals surface area contributed by atoms with Gasteiger partial charge < -0.3 is 4.74 Å². The second-order valence-corrected chi connectivity index (χ2v) is 11.2. The third-order valence-electron chi connectivity index (χ3n) is 6.14. The molecular weight excluding hydrogens is 578 g/mol. The number of ether oxygens (including phenoxy) is 1. The van der Waals surface area contributed by atoms with E-state index in [0.29, 0.717) is 24.6 Å². The number of rotatable bonds is 7. The van der Waals surface area contributed by atoms with E-state index < -0.39 is 40.6 Å². The number of halogens is 6. The Hall–Kier alpha value is -3.34. The van der Waals surface area contributed by atoms with Crippen LogP contribution in [0.3, 0.4) is 0 Å². The number of hydrazine groups is 1. The number of hydrogen-bond donors (Lipinski definition) is 2. The SMILES string of the molecule is CC1CCN(S(=O)(=O)c2ccc(Cc3nc(OCC(F)(F)F)nc(-c4cccc(C(F)(F)F)c4)n3)cc2)CC1.NN. The summed E-state index contributed by atoms with van der Waals surface area (Å²) in [6.07, 6.45) is -7.89. The molecule has 1 aliphatic rings. The number of benzene rings is 2. The first-order chi connectivity index (χ1) is 19.2. The fourth-order valence-corrected chi connectivity index (χ4v) is 5.46. The van der Waals surface area contributed by atoms with Crippen LogP contribution < -0.4 is 16.4 Å². The van der Waals surface area contributed by atoms with Gasteiger partial charge in [0.05, 0.1) is 10.5 Å². The third kappa shape index (κ3) is 8.82. The highest BCUT2D eigenvalue weighted by molar-refractivity contribution is 7.89. The lowest BCUT2D eigenvalue weighted by Gasteiger charge is -2.29. The molecule has 0 aliphatic carbocycles. The Kier molecular flexibility index (Phi) is 10.3. The molecule has 4 N–H and O–H groups in total. The van der Waals surface area contributed by atoms with E-state index in [1.165, 1.54) is 34.6 Å². The second kappa shape index (κ2) is 13.1. The summed E-state index contributed by atoms with van der Waals surface area (Å²) in [6.45, 7) is 1.21. The van der Waals surface area contributed by atoms with Gasteiger partial charge in [-0.1, -0.05) is 31.2 Å². The van der Waals surface area contributed by atoms with Crippen LogP contribution in [0.5, 0.6) is 6.01 Å². The van der Waals surface area contributed by atoms with Gasteiger partial charge >= 0.3 is 18.4 Å². The monoisotopic (exact) mass is 606 g/mol. The van der Waals surface area contributed by atoms with E-state index in [1.54, 1.807) is 0 Å². The Morgan fingerprint density at radius 1 is 0.951 bits per heavy atom. The minimum atomic E-state index is -4.70. The van der Waals surface area contributed by atoms with Crippen molar-refractivity contribution in [2.45, 2.75) is 43.4 Å². The van der Waals surface area contributed by atoms with Gasteiger partial charge in [-0.3, -0.25) is 11.7 Å². The summed E-state index contributed by atoms with van der Waals surface area (Å²) in [5, 5.41) is 0. The first-order valence-corrected chi connectivity index (χ1v) is 13.7. The number of sulfonamides is 1. The Bertz CT molecular complexity index is 1410. The quantitative estimate of drug-likeness (QED) is 0.230. The molecule has 2 aromatic carbocycles. The average molecular weight is 607 g/mol. The van der Waals surface area contributed by atoms with E-state index in [2.05, 4.69) is 38.3 Å². The summed E-state index contributed by atoms with van der Waals surface area (Å²) in [7, 11) is -3.69. The van der Waals surface area contributed by atoms with Gasteiger partial charge in [0, 0.05) is 25.1 Å². The van der Waals surface area contributed by atoms with Crippen molar-refractivity contribution in [1.82, 2.24) is 19.3 Å². The summed E-state index contributed by atoms with van der Waals surface area (Å²) in [6, 6.07) is 9.18. The lowest BCUT2D eigenvalue weighted by Crippen LogP contribution is -2.37. The Labute approximate surface area is 232 Å². The number of piperidine rings is 1. The number of nitrogens with two attached hydrogens (primary N) is 2. The van der Waals surface area contributed by atoms with Crippen LogP contribution in [0.2, 0.25) is 0 Å². The minimum absolute atomic E-state index is 0.0710. The number of nitrogens with zero attached hydrogens (tertiary/aromatic N) is 4. The van der Waals surface area contributed by atoms with Gasteiger partial charge in [0.1, 0.15) is 5.82 Å². The molecule has 3 aromatic rings. The molecule has 1 aliphatic heterocycles. The van der Waals surface area contributed by atoms with Gasteiger partial charge in [-0.2, -0.15) is 40.6 Å². The molecule has 1 saturated heterocycles. The van der Waals surface area contributed by atoms with Gasteiger partial charge in [-0.05, 0) is 48.6 Å². The van der Waals surface area contributed by atoms with E-state index in [0.717, 1.165) is 31.0 Å². The van der Waals surface area contributed by atoms with Crippen LogP contribution >= 0.6 is 0 Å². The number of aromatic nitrogens is 3. The van der Waals surface area contributed by atoms with Gasteiger partial charge in [0.15, 0.2) is 12.4 Å². The Morgan fingerprint density at radius 2 is 1.59 bits per heavy atom. The average Bonchev–Trinajstić information content (AvgIpc) is 2.93. The Morgan fingerprint density at radius 3 is 2.17 bits per heavy atom. The van der Waals surface area contributed by atoms with Crippen LogP contribution in [-0.2, 0) is 22.6 Å². The lowest BCUT2D eigenvalue weighted by atomic mass is 10.0. The highest BCUT2D eigenvalue weighted by atomic mass is 32.2. The molecule has 0 saturated carbocycles. The largest absolute Gasteiger partial charge is 0.454 e. The van der Waals surface area contributed by atoms with E-state index >= 15 is 0 Å². The fourth-order valence-electron chi connectivity index (χ4n) is 3.99. The highest BCUT2D eigenvalue weighted by Crippen LogP contribution is 2.32.